The number of benzene rings is 1. The molecule has 0 saturated heterocycles. The predicted octanol–water partition coefficient (Wildman–Crippen LogP) is 3.05. The van der Waals surface area contributed by atoms with Crippen molar-refractivity contribution in [2.45, 2.75) is 25.8 Å². The van der Waals surface area contributed by atoms with Crippen molar-refractivity contribution in [3.05, 3.63) is 47.8 Å². The van der Waals surface area contributed by atoms with Crippen LogP contribution in [0.3, 0.4) is 0 Å². The zero-order chi connectivity index (χ0) is 15.2. The van der Waals surface area contributed by atoms with Crippen LogP contribution in [0.4, 0.5) is 0 Å². The Morgan fingerprint density at radius 2 is 2.14 bits per heavy atom. The summed E-state index contributed by atoms with van der Waals surface area (Å²) in [4.78, 5) is 2.40. The number of hydrogen-bond acceptors (Lipinski definition) is 3. The highest BCUT2D eigenvalue weighted by atomic mass is 16.5. The van der Waals surface area contributed by atoms with Crippen LogP contribution in [0.1, 0.15) is 30.6 Å². The normalized spacial score (nSPS) is 12.6. The lowest BCUT2D eigenvalue weighted by Crippen LogP contribution is -2.27. The van der Waals surface area contributed by atoms with Crippen LogP contribution in [0, 0.1) is 0 Å². The van der Waals surface area contributed by atoms with E-state index in [0.717, 1.165) is 25.1 Å². The summed E-state index contributed by atoms with van der Waals surface area (Å²) < 4.78 is 7.28. The molecule has 1 heterocycles. The zero-order valence-corrected chi connectivity index (χ0v) is 13.4. The SMILES string of the molecule is CCC(c1cccc(OC)c1)N(C)CCc1ccnn1C. The van der Waals surface area contributed by atoms with E-state index in [0.29, 0.717) is 6.04 Å². The van der Waals surface area contributed by atoms with Crippen LogP contribution in [0.15, 0.2) is 36.5 Å². The molecule has 2 rings (SSSR count). The first-order chi connectivity index (χ1) is 10.2. The lowest BCUT2D eigenvalue weighted by molar-refractivity contribution is 0.239. The van der Waals surface area contributed by atoms with E-state index in [1.54, 1.807) is 7.11 Å². The third-order valence-electron chi connectivity index (χ3n) is 4.04. The van der Waals surface area contributed by atoms with E-state index in [-0.39, 0.29) is 0 Å². The van der Waals surface area contributed by atoms with Crippen molar-refractivity contribution >= 4 is 0 Å². The van der Waals surface area contributed by atoms with Gasteiger partial charge in [0.05, 0.1) is 7.11 Å². The molecule has 0 aliphatic rings. The van der Waals surface area contributed by atoms with E-state index in [4.69, 9.17) is 4.74 Å². The van der Waals surface area contributed by atoms with Gasteiger partial charge < -0.3 is 4.74 Å². The molecule has 0 radical (unpaired) electrons. The summed E-state index contributed by atoms with van der Waals surface area (Å²) in [5, 5.41) is 4.22. The lowest BCUT2D eigenvalue weighted by Gasteiger charge is -2.27. The fraction of sp³-hybridized carbons (Fsp3) is 0.471. The summed E-state index contributed by atoms with van der Waals surface area (Å²) in [5.41, 5.74) is 2.58. The lowest BCUT2D eigenvalue weighted by atomic mass is 10.0. The van der Waals surface area contributed by atoms with Gasteiger partial charge in [0, 0.05) is 37.9 Å². The highest BCUT2D eigenvalue weighted by molar-refractivity contribution is 5.30. The molecule has 0 saturated carbocycles. The molecule has 0 aliphatic heterocycles. The maximum atomic E-state index is 5.33. The van der Waals surface area contributed by atoms with Gasteiger partial charge in [-0.1, -0.05) is 19.1 Å². The van der Waals surface area contributed by atoms with Gasteiger partial charge in [-0.3, -0.25) is 9.58 Å². The first-order valence-electron chi connectivity index (χ1n) is 7.46. The number of ether oxygens (including phenoxy) is 1. The van der Waals surface area contributed by atoms with Crippen LogP contribution in [0.2, 0.25) is 0 Å². The van der Waals surface area contributed by atoms with Gasteiger partial charge in [-0.15, -0.1) is 0 Å². The fourth-order valence-corrected chi connectivity index (χ4v) is 2.74. The Morgan fingerprint density at radius 3 is 2.76 bits per heavy atom. The summed E-state index contributed by atoms with van der Waals surface area (Å²) in [6, 6.07) is 10.9. The first kappa shape index (κ1) is 15.6. The van der Waals surface area contributed by atoms with Gasteiger partial charge in [0.2, 0.25) is 0 Å². The van der Waals surface area contributed by atoms with Gasteiger partial charge in [0.25, 0.3) is 0 Å². The molecule has 0 aliphatic carbocycles. The van der Waals surface area contributed by atoms with Crippen molar-refractivity contribution in [1.82, 2.24) is 14.7 Å². The van der Waals surface area contributed by atoms with E-state index in [1.165, 1.54) is 11.3 Å². The summed E-state index contributed by atoms with van der Waals surface area (Å²) in [6.45, 7) is 3.24. The van der Waals surface area contributed by atoms with Crippen molar-refractivity contribution in [2.24, 2.45) is 7.05 Å². The molecule has 4 heteroatoms. The Hall–Kier alpha value is -1.81. The summed E-state index contributed by atoms with van der Waals surface area (Å²) in [7, 11) is 5.89. The molecule has 0 fully saturated rings. The molecule has 0 N–H and O–H groups in total. The maximum absolute atomic E-state index is 5.33. The number of methoxy groups -OCH3 is 1. The summed E-state index contributed by atoms with van der Waals surface area (Å²) in [5.74, 6) is 0.922. The Bertz CT molecular complexity index is 565. The Labute approximate surface area is 127 Å². The molecule has 1 aromatic carbocycles. The van der Waals surface area contributed by atoms with Gasteiger partial charge in [-0.05, 0) is 37.2 Å². The summed E-state index contributed by atoms with van der Waals surface area (Å²) >= 11 is 0. The number of aryl methyl sites for hydroxylation is 1. The third kappa shape index (κ3) is 3.85. The zero-order valence-electron chi connectivity index (χ0n) is 13.4. The topological polar surface area (TPSA) is 30.3 Å². The highest BCUT2D eigenvalue weighted by Crippen LogP contribution is 2.26. The minimum Gasteiger partial charge on any atom is -0.497 e. The Morgan fingerprint density at radius 1 is 1.33 bits per heavy atom. The van der Waals surface area contributed by atoms with E-state index < -0.39 is 0 Å². The molecule has 0 spiro atoms. The van der Waals surface area contributed by atoms with Crippen molar-refractivity contribution in [2.75, 3.05) is 20.7 Å². The number of hydrogen-bond donors (Lipinski definition) is 0. The predicted molar refractivity (Wildman–Crippen MR) is 85.6 cm³/mol. The average Bonchev–Trinajstić information content (AvgIpc) is 2.91. The Kier molecular flexibility index (Phi) is 5.39. The maximum Gasteiger partial charge on any atom is 0.119 e. The number of aromatic nitrogens is 2. The second kappa shape index (κ2) is 7.27. The molecule has 21 heavy (non-hydrogen) atoms. The van der Waals surface area contributed by atoms with E-state index >= 15 is 0 Å². The van der Waals surface area contributed by atoms with Crippen LogP contribution >= 0.6 is 0 Å². The van der Waals surface area contributed by atoms with E-state index in [2.05, 4.69) is 48.2 Å². The van der Waals surface area contributed by atoms with Crippen LogP contribution in [0.5, 0.6) is 5.75 Å². The molecule has 0 bridgehead atoms. The van der Waals surface area contributed by atoms with Gasteiger partial charge >= 0.3 is 0 Å². The first-order valence-corrected chi connectivity index (χ1v) is 7.46. The average molecular weight is 287 g/mol. The molecular weight excluding hydrogens is 262 g/mol. The van der Waals surface area contributed by atoms with Crippen LogP contribution in [-0.4, -0.2) is 35.4 Å². The van der Waals surface area contributed by atoms with E-state index in [1.807, 2.05) is 24.0 Å². The largest absolute Gasteiger partial charge is 0.497 e. The molecular formula is C17H25N3O. The van der Waals surface area contributed by atoms with Crippen molar-refractivity contribution in [3.8, 4) is 5.75 Å². The van der Waals surface area contributed by atoms with Crippen molar-refractivity contribution in [1.29, 1.82) is 0 Å². The number of likely N-dealkylation sites (N-methyl/N-ethyl adjacent to an activating group) is 1. The van der Waals surface area contributed by atoms with Crippen molar-refractivity contribution in [3.63, 3.8) is 0 Å². The highest BCUT2D eigenvalue weighted by Gasteiger charge is 2.16. The molecule has 0 amide bonds. The minimum atomic E-state index is 0.410. The van der Waals surface area contributed by atoms with Crippen molar-refractivity contribution < 1.29 is 4.74 Å². The van der Waals surface area contributed by atoms with Crippen LogP contribution < -0.4 is 4.74 Å². The second-order valence-electron chi connectivity index (χ2n) is 5.38. The number of rotatable bonds is 7. The molecule has 2 aromatic rings. The smallest absolute Gasteiger partial charge is 0.119 e. The molecule has 114 valence electrons. The number of nitrogens with zero attached hydrogens (tertiary/aromatic N) is 3. The minimum absolute atomic E-state index is 0.410. The Balaban J connectivity index is 2.04. The fourth-order valence-electron chi connectivity index (χ4n) is 2.74. The quantitative estimate of drug-likeness (QED) is 0.784. The molecule has 1 aromatic heterocycles. The van der Waals surface area contributed by atoms with Gasteiger partial charge in [0.15, 0.2) is 0 Å². The van der Waals surface area contributed by atoms with Gasteiger partial charge in [0.1, 0.15) is 5.75 Å². The molecule has 1 unspecified atom stereocenters. The summed E-state index contributed by atoms with van der Waals surface area (Å²) in [6.07, 6.45) is 3.94. The third-order valence-corrected chi connectivity index (χ3v) is 4.04. The van der Waals surface area contributed by atoms with Gasteiger partial charge in [-0.2, -0.15) is 5.10 Å². The monoisotopic (exact) mass is 287 g/mol. The van der Waals surface area contributed by atoms with Gasteiger partial charge in [-0.25, -0.2) is 0 Å². The molecule has 1 atom stereocenters. The second-order valence-corrected chi connectivity index (χ2v) is 5.38. The standard InChI is InChI=1S/C17H25N3O/c1-5-17(14-7-6-8-16(13-14)21-4)19(2)12-10-15-9-11-18-20(15)3/h6-9,11,13,17H,5,10,12H2,1-4H3. The molecule has 4 nitrogen and oxygen atoms in total. The van der Waals surface area contributed by atoms with E-state index in [9.17, 15) is 0 Å². The van der Waals surface area contributed by atoms with Crippen LogP contribution in [0.25, 0.3) is 0 Å². The van der Waals surface area contributed by atoms with Crippen LogP contribution in [-0.2, 0) is 13.5 Å².